The van der Waals surface area contributed by atoms with Gasteiger partial charge < -0.3 is 10.6 Å². The van der Waals surface area contributed by atoms with Gasteiger partial charge in [-0.15, -0.1) is 11.3 Å². The first-order chi connectivity index (χ1) is 13.1. The van der Waals surface area contributed by atoms with Crippen LogP contribution in [-0.2, 0) is 4.79 Å². The molecule has 1 aromatic heterocycles. The number of hydrogen-bond donors (Lipinski definition) is 2. The topological polar surface area (TPSA) is 88.8 Å². The Balaban J connectivity index is 1.77. The van der Waals surface area contributed by atoms with Crippen molar-refractivity contribution in [1.82, 2.24) is 0 Å². The van der Waals surface area contributed by atoms with Crippen molar-refractivity contribution in [3.05, 3.63) is 92.7 Å². The van der Waals surface area contributed by atoms with E-state index in [4.69, 9.17) is 0 Å². The number of benzene rings is 2. The Labute approximate surface area is 161 Å². The average molecular weight is 382 g/mol. The van der Waals surface area contributed by atoms with Gasteiger partial charge in [0.05, 0.1) is 9.80 Å². The lowest BCUT2D eigenvalue weighted by atomic mass is 10.0. The summed E-state index contributed by atoms with van der Waals surface area (Å²) in [6, 6.07) is 19.7. The summed E-state index contributed by atoms with van der Waals surface area (Å²) in [7, 11) is 0. The summed E-state index contributed by atoms with van der Waals surface area (Å²) in [6.45, 7) is 1.80. The summed E-state index contributed by atoms with van der Waals surface area (Å²) in [6.07, 6.45) is 0. The molecule has 0 radical (unpaired) electrons. The van der Waals surface area contributed by atoms with Gasteiger partial charge in [0.25, 0.3) is 11.6 Å². The Morgan fingerprint density at radius 1 is 1.07 bits per heavy atom. The summed E-state index contributed by atoms with van der Waals surface area (Å²) in [5, 5.41) is 17.8. The van der Waals surface area contributed by atoms with E-state index < -0.39 is 11.0 Å². The second-order valence-electron chi connectivity index (χ2n) is 6.15. The van der Waals surface area contributed by atoms with Crippen LogP contribution in [0, 0.1) is 10.1 Å². The van der Waals surface area contributed by atoms with E-state index >= 15 is 0 Å². The Kier molecular flexibility index (Phi) is 5.95. The maximum atomic E-state index is 12.7. The van der Waals surface area contributed by atoms with Crippen LogP contribution in [-0.4, -0.2) is 16.9 Å². The van der Waals surface area contributed by atoms with Crippen molar-refractivity contribution in [1.29, 1.82) is 0 Å². The zero-order chi connectivity index (χ0) is 19.2. The average Bonchev–Trinajstić information content (AvgIpc) is 3.21. The number of thiophene rings is 1. The molecule has 1 amide bonds. The molecule has 0 saturated carbocycles. The number of nitro benzene ring substituents is 1. The van der Waals surface area contributed by atoms with Gasteiger partial charge in [0.1, 0.15) is 11.7 Å². The Morgan fingerprint density at radius 2 is 1.78 bits per heavy atom. The number of rotatable bonds is 7. The molecule has 2 atom stereocenters. The van der Waals surface area contributed by atoms with Gasteiger partial charge in [-0.3, -0.25) is 14.9 Å². The minimum atomic E-state index is -0.498. The van der Waals surface area contributed by atoms with E-state index in [0.717, 1.165) is 10.4 Å². The number of hydrogen-bond acceptors (Lipinski definition) is 4. The largest absolute Gasteiger partial charge is 0.326 e. The molecule has 0 saturated heterocycles. The first kappa shape index (κ1) is 18.8. The molecular formula is C20H20N3O3S+. The van der Waals surface area contributed by atoms with Gasteiger partial charge in [-0.05, 0) is 24.4 Å². The van der Waals surface area contributed by atoms with E-state index in [1.807, 2.05) is 53.2 Å². The number of nitro groups is 1. The van der Waals surface area contributed by atoms with Gasteiger partial charge in [-0.2, -0.15) is 0 Å². The monoisotopic (exact) mass is 382 g/mol. The van der Waals surface area contributed by atoms with Crippen molar-refractivity contribution >= 4 is 28.6 Å². The maximum Gasteiger partial charge on any atom is 0.292 e. The molecule has 3 aromatic rings. The Bertz CT molecular complexity index is 913. The highest BCUT2D eigenvalue weighted by Gasteiger charge is 2.26. The molecule has 2 aromatic carbocycles. The molecule has 0 spiro atoms. The molecule has 0 bridgehead atoms. The van der Waals surface area contributed by atoms with Crippen molar-refractivity contribution in [3.8, 4) is 0 Å². The fraction of sp³-hybridized carbons (Fsp3) is 0.150. The molecule has 138 valence electrons. The number of nitrogens with zero attached hydrogens (tertiary/aromatic N) is 1. The molecule has 3 N–H and O–H groups in total. The van der Waals surface area contributed by atoms with E-state index in [0.29, 0.717) is 0 Å². The Morgan fingerprint density at radius 3 is 2.44 bits per heavy atom. The summed E-state index contributed by atoms with van der Waals surface area (Å²) >= 11 is 1.64. The van der Waals surface area contributed by atoms with Crippen LogP contribution in [0.4, 0.5) is 11.4 Å². The highest BCUT2D eigenvalue weighted by Crippen LogP contribution is 2.24. The van der Waals surface area contributed by atoms with Gasteiger partial charge >= 0.3 is 0 Å². The quantitative estimate of drug-likeness (QED) is 0.485. The van der Waals surface area contributed by atoms with E-state index in [1.165, 1.54) is 12.1 Å². The van der Waals surface area contributed by atoms with Crippen molar-refractivity contribution in [3.63, 3.8) is 0 Å². The van der Waals surface area contributed by atoms with E-state index in [1.54, 1.807) is 30.4 Å². The van der Waals surface area contributed by atoms with Crippen LogP contribution in [0.25, 0.3) is 0 Å². The van der Waals surface area contributed by atoms with Crippen LogP contribution < -0.4 is 10.6 Å². The number of amides is 1. The number of anilines is 1. The lowest BCUT2D eigenvalue weighted by molar-refractivity contribution is -0.703. The third-order valence-electron chi connectivity index (χ3n) is 4.26. The lowest BCUT2D eigenvalue weighted by Crippen LogP contribution is -2.92. The molecule has 0 aliphatic carbocycles. The predicted octanol–water partition coefficient (Wildman–Crippen LogP) is 3.34. The summed E-state index contributed by atoms with van der Waals surface area (Å²) in [5.41, 5.74) is 1.20. The van der Waals surface area contributed by atoms with Gasteiger partial charge in [0, 0.05) is 11.6 Å². The molecule has 0 aliphatic heterocycles. The molecule has 3 rings (SSSR count). The van der Waals surface area contributed by atoms with Gasteiger partial charge in [0.15, 0.2) is 6.04 Å². The maximum absolute atomic E-state index is 12.7. The highest BCUT2D eigenvalue weighted by molar-refractivity contribution is 7.10. The summed E-state index contributed by atoms with van der Waals surface area (Å²) < 4.78 is 0. The smallest absolute Gasteiger partial charge is 0.292 e. The third kappa shape index (κ3) is 4.58. The lowest BCUT2D eigenvalue weighted by Gasteiger charge is -2.19. The number of nitrogens with one attached hydrogen (secondary N) is 1. The van der Waals surface area contributed by atoms with E-state index in [-0.39, 0.29) is 23.3 Å². The molecular weight excluding hydrogens is 362 g/mol. The van der Waals surface area contributed by atoms with Crippen molar-refractivity contribution in [2.75, 3.05) is 5.32 Å². The highest BCUT2D eigenvalue weighted by atomic mass is 32.1. The molecule has 1 heterocycles. The fourth-order valence-electron chi connectivity index (χ4n) is 2.86. The molecule has 6 nitrogen and oxygen atoms in total. The minimum Gasteiger partial charge on any atom is -0.326 e. The number of nitrogens with two attached hydrogens (primary N) is 1. The Hall–Kier alpha value is -3.03. The molecule has 27 heavy (non-hydrogen) atoms. The summed E-state index contributed by atoms with van der Waals surface area (Å²) in [5.74, 6) is -0.276. The van der Waals surface area contributed by atoms with Gasteiger partial charge in [0.2, 0.25) is 0 Å². The van der Waals surface area contributed by atoms with Crippen LogP contribution >= 0.6 is 11.3 Å². The van der Waals surface area contributed by atoms with E-state index in [2.05, 4.69) is 5.32 Å². The van der Waals surface area contributed by atoms with Crippen molar-refractivity contribution in [2.24, 2.45) is 0 Å². The van der Waals surface area contributed by atoms with E-state index in [9.17, 15) is 14.9 Å². The zero-order valence-electron chi connectivity index (χ0n) is 14.7. The second-order valence-corrected chi connectivity index (χ2v) is 7.13. The van der Waals surface area contributed by atoms with Crippen LogP contribution in [0.1, 0.15) is 23.4 Å². The van der Waals surface area contributed by atoms with Gasteiger partial charge in [-0.1, -0.05) is 48.5 Å². The number of para-hydroxylation sites is 2. The van der Waals surface area contributed by atoms with Crippen LogP contribution in [0.15, 0.2) is 72.1 Å². The van der Waals surface area contributed by atoms with Crippen molar-refractivity contribution in [2.45, 2.75) is 19.0 Å². The zero-order valence-corrected chi connectivity index (χ0v) is 15.6. The van der Waals surface area contributed by atoms with Crippen LogP contribution in [0.2, 0.25) is 0 Å². The SMILES string of the molecule is C[C@H]([NH2+][C@@H](c1ccccc1)c1cccs1)C(=O)Nc1ccccc1[N+](=O)[O-]. The van der Waals surface area contributed by atoms with Crippen molar-refractivity contribution < 1.29 is 15.0 Å². The van der Waals surface area contributed by atoms with Crippen LogP contribution in [0.5, 0.6) is 0 Å². The van der Waals surface area contributed by atoms with Crippen LogP contribution in [0.3, 0.4) is 0 Å². The first-order valence-electron chi connectivity index (χ1n) is 8.54. The number of carbonyl (C=O) groups excluding carboxylic acids is 1. The summed E-state index contributed by atoms with van der Waals surface area (Å²) in [4.78, 5) is 24.4. The second kappa shape index (κ2) is 8.57. The number of carbonyl (C=O) groups is 1. The third-order valence-corrected chi connectivity index (χ3v) is 5.22. The van der Waals surface area contributed by atoms with Gasteiger partial charge in [-0.25, -0.2) is 0 Å². The minimum absolute atomic E-state index is 0.0160. The predicted molar refractivity (Wildman–Crippen MR) is 106 cm³/mol. The normalized spacial score (nSPS) is 12.9. The molecule has 0 fully saturated rings. The number of quaternary nitrogens is 1. The molecule has 7 heteroatoms. The molecule has 0 unspecified atom stereocenters. The fourth-order valence-corrected chi connectivity index (χ4v) is 3.69. The molecule has 0 aliphatic rings. The first-order valence-corrected chi connectivity index (χ1v) is 9.42. The standard InChI is InChI=1S/C20H19N3O3S/c1-14(20(24)22-16-10-5-6-11-17(16)23(25)26)21-19(18-12-7-13-27-18)15-8-3-2-4-9-15/h2-14,19,21H,1H3,(H,22,24)/p+1/t14-,19-/m0/s1.